The van der Waals surface area contributed by atoms with E-state index in [1.54, 1.807) is 0 Å². The summed E-state index contributed by atoms with van der Waals surface area (Å²) < 4.78 is 2.50. The molecule has 0 saturated carbocycles. The van der Waals surface area contributed by atoms with E-state index in [1.807, 2.05) is 0 Å². The van der Waals surface area contributed by atoms with Gasteiger partial charge >= 0.3 is 34.4 Å². The van der Waals surface area contributed by atoms with E-state index in [4.69, 9.17) is 0 Å². The Hall–Kier alpha value is 0.0534. The fraction of sp³-hybridized carbons (Fsp3) is 0. The first-order valence-electron chi connectivity index (χ1n) is 0.780. The Labute approximate surface area is 35.0 Å². The van der Waals surface area contributed by atoms with Crippen LogP contribution in [0.25, 0.3) is 0 Å². The molecule has 0 saturated heterocycles. The second kappa shape index (κ2) is 3.05. The molecule has 0 atom stereocenters. The maximum atomic E-state index is 3.23. The van der Waals surface area contributed by atoms with Crippen molar-refractivity contribution in [2.45, 2.75) is 0 Å². The molecule has 0 unspecified atom stereocenters. The van der Waals surface area contributed by atoms with Gasteiger partial charge in [-0.05, 0) is 0 Å². The Bertz CT molecular complexity index is 53.4. The molecular formula is C3H2Ru+. The summed E-state index contributed by atoms with van der Waals surface area (Å²) in [4.78, 5) is 0. The molecule has 4 heavy (non-hydrogen) atoms. The Morgan fingerprint density at radius 2 is 2.00 bits per heavy atom. The van der Waals surface area contributed by atoms with E-state index in [2.05, 4.69) is 34.4 Å². The first kappa shape index (κ1) is 4.05. The van der Waals surface area contributed by atoms with Gasteiger partial charge in [0.05, 0.1) is 0 Å². The van der Waals surface area contributed by atoms with Crippen LogP contribution in [-0.4, -0.2) is 4.26 Å². The second-order valence-corrected chi connectivity index (χ2v) is 0.700. The average Bonchev–Trinajstić information content (AvgIpc) is 1.37. The Morgan fingerprint density at radius 1 is 1.75 bits per heavy atom. The molecule has 0 amide bonds. The molecule has 0 aliphatic carbocycles. The first-order chi connectivity index (χ1) is 1.91. The Kier molecular flexibility index (Phi) is 3.09. The van der Waals surface area contributed by atoms with Gasteiger partial charge in [0.2, 0.25) is 0 Å². The summed E-state index contributed by atoms with van der Waals surface area (Å²) in [5.74, 6) is 0. The fourth-order valence-corrected chi connectivity index (χ4v) is 0. The molecule has 0 bridgehead atoms. The fourth-order valence-electron chi connectivity index (χ4n) is 0. The predicted octanol–water partition coefficient (Wildman–Crippen LogP) is 0.275. The standard InChI is InChI=1S/C3H2.Ru/c1-3-2;/h1H2;/q;+1. The summed E-state index contributed by atoms with van der Waals surface area (Å²) in [5, 5.41) is 0. The zero-order valence-electron chi connectivity index (χ0n) is 2.06. The topological polar surface area (TPSA) is 0 Å². The molecule has 0 nitrogen and oxygen atoms in total. The van der Waals surface area contributed by atoms with Crippen LogP contribution in [0.4, 0.5) is 0 Å². The average molecular weight is 139 g/mol. The Balaban J connectivity index is 3.95. The minimum atomic E-state index is 2.16. The predicted molar refractivity (Wildman–Crippen MR) is 14.1 cm³/mol. The van der Waals surface area contributed by atoms with E-state index < -0.39 is 0 Å². The van der Waals surface area contributed by atoms with Crippen molar-refractivity contribution in [2.24, 2.45) is 0 Å². The molecule has 0 heterocycles. The monoisotopic (exact) mass is 140 g/mol. The minimum absolute atomic E-state index is 2.16. The van der Waals surface area contributed by atoms with Crippen molar-refractivity contribution in [1.82, 2.24) is 0 Å². The van der Waals surface area contributed by atoms with E-state index in [0.29, 0.717) is 0 Å². The van der Waals surface area contributed by atoms with Crippen LogP contribution in [0.1, 0.15) is 0 Å². The molecule has 0 N–H and O–H groups in total. The molecule has 0 fully saturated rings. The van der Waals surface area contributed by atoms with E-state index in [9.17, 15) is 0 Å². The summed E-state index contributed by atoms with van der Waals surface area (Å²) in [6, 6.07) is 0. The molecule has 21 valence electrons. The molecule has 0 aromatic heterocycles. The van der Waals surface area contributed by atoms with Gasteiger partial charge in [0.1, 0.15) is 0 Å². The molecular weight excluding hydrogens is 137 g/mol. The zero-order chi connectivity index (χ0) is 3.41. The van der Waals surface area contributed by atoms with Crippen LogP contribution in [0.3, 0.4) is 0 Å². The van der Waals surface area contributed by atoms with Gasteiger partial charge in [0.15, 0.2) is 0 Å². The molecule has 0 aliphatic rings. The van der Waals surface area contributed by atoms with Crippen LogP contribution in [0.15, 0.2) is 12.3 Å². The van der Waals surface area contributed by atoms with Crippen LogP contribution >= 0.6 is 0 Å². The molecule has 0 radical (unpaired) electrons. The summed E-state index contributed by atoms with van der Waals surface area (Å²) in [6.45, 7) is 3.23. The van der Waals surface area contributed by atoms with Gasteiger partial charge in [-0.1, -0.05) is 0 Å². The summed E-state index contributed by atoms with van der Waals surface area (Å²) in [5.41, 5.74) is 2.40. The number of rotatable bonds is 0. The van der Waals surface area contributed by atoms with Gasteiger partial charge < -0.3 is 0 Å². The van der Waals surface area contributed by atoms with E-state index in [1.165, 1.54) is 0 Å². The zero-order valence-corrected chi connectivity index (χ0v) is 3.80. The van der Waals surface area contributed by atoms with Crippen molar-refractivity contribution < 1.29 is 17.9 Å². The second-order valence-electron chi connectivity index (χ2n) is 0.265. The normalized spacial score (nSPS) is 3.00. The van der Waals surface area contributed by atoms with Crippen molar-refractivity contribution in [1.29, 1.82) is 0 Å². The molecule has 0 rings (SSSR count). The van der Waals surface area contributed by atoms with E-state index in [-0.39, 0.29) is 0 Å². The van der Waals surface area contributed by atoms with Gasteiger partial charge in [-0.25, -0.2) is 0 Å². The van der Waals surface area contributed by atoms with Crippen LogP contribution in [-0.2, 0) is 17.9 Å². The Morgan fingerprint density at radius 3 is 2.00 bits per heavy atom. The molecule has 0 aliphatic heterocycles. The van der Waals surface area contributed by atoms with Gasteiger partial charge in [0.25, 0.3) is 0 Å². The first-order valence-corrected chi connectivity index (χ1v) is 1.65. The summed E-state index contributed by atoms with van der Waals surface area (Å²) in [6.07, 6.45) is 0. The molecule has 0 aromatic carbocycles. The number of hydrogen-bond acceptors (Lipinski definition) is 0. The third-order valence-corrected chi connectivity index (χ3v) is 0.370. The van der Waals surface area contributed by atoms with Crippen molar-refractivity contribution in [3.8, 4) is 0 Å². The van der Waals surface area contributed by atoms with Crippen LogP contribution in [0.2, 0.25) is 0 Å². The SMILES string of the molecule is C=C=[C]=[Ru+]. The molecule has 1 heteroatoms. The molecule has 0 spiro atoms. The van der Waals surface area contributed by atoms with Gasteiger partial charge in [-0.3, -0.25) is 0 Å². The van der Waals surface area contributed by atoms with E-state index >= 15 is 0 Å². The van der Waals surface area contributed by atoms with Gasteiger partial charge in [0, 0.05) is 0 Å². The van der Waals surface area contributed by atoms with Crippen LogP contribution in [0, 0.1) is 0 Å². The van der Waals surface area contributed by atoms with Crippen LogP contribution in [0.5, 0.6) is 0 Å². The summed E-state index contributed by atoms with van der Waals surface area (Å²) >= 11 is 2.16. The molecule has 0 aromatic rings. The van der Waals surface area contributed by atoms with Gasteiger partial charge in [-0.2, -0.15) is 0 Å². The van der Waals surface area contributed by atoms with Crippen LogP contribution < -0.4 is 0 Å². The quantitative estimate of drug-likeness (QED) is 0.334. The van der Waals surface area contributed by atoms with Crippen molar-refractivity contribution >= 4 is 4.26 Å². The summed E-state index contributed by atoms with van der Waals surface area (Å²) in [7, 11) is 0. The van der Waals surface area contributed by atoms with Gasteiger partial charge in [-0.15, -0.1) is 0 Å². The van der Waals surface area contributed by atoms with Crippen molar-refractivity contribution in [2.75, 3.05) is 0 Å². The maximum absolute atomic E-state index is 3.23. The van der Waals surface area contributed by atoms with Crippen molar-refractivity contribution in [3.63, 3.8) is 0 Å². The third-order valence-electron chi connectivity index (χ3n) is 0.0625. The van der Waals surface area contributed by atoms with Crippen molar-refractivity contribution in [3.05, 3.63) is 12.3 Å². The third kappa shape index (κ3) is 2.05. The van der Waals surface area contributed by atoms with E-state index in [0.717, 1.165) is 0 Å². The number of hydrogen-bond donors (Lipinski definition) is 0.